The number of aromatic nitrogens is 2. The molecule has 5 nitrogen and oxygen atoms in total. The Balaban J connectivity index is 3.23. The Morgan fingerprint density at radius 3 is 2.77 bits per heavy atom. The second-order valence-electron chi connectivity index (χ2n) is 2.72. The van der Waals surface area contributed by atoms with Crippen LogP contribution in [-0.2, 0) is 11.8 Å². The minimum absolute atomic E-state index is 0.177. The van der Waals surface area contributed by atoms with E-state index in [0.717, 1.165) is 0 Å². The minimum Gasteiger partial charge on any atom is -0.311 e. The summed E-state index contributed by atoms with van der Waals surface area (Å²) in [5.41, 5.74) is 0.0604. The summed E-state index contributed by atoms with van der Waals surface area (Å²) >= 11 is 0. The van der Waals surface area contributed by atoms with Gasteiger partial charge in [0.15, 0.2) is 0 Å². The largest absolute Gasteiger partial charge is 0.311 e. The first-order valence-electron chi connectivity index (χ1n) is 3.80. The molecule has 1 aromatic rings. The summed E-state index contributed by atoms with van der Waals surface area (Å²) in [6.45, 7) is 1.40. The Bertz CT molecular complexity index is 383. The van der Waals surface area contributed by atoms with Crippen molar-refractivity contribution in [3.05, 3.63) is 22.6 Å². The van der Waals surface area contributed by atoms with E-state index in [2.05, 4.69) is 5.10 Å². The van der Waals surface area contributed by atoms with Gasteiger partial charge in [0.25, 0.3) is 5.56 Å². The second-order valence-corrected chi connectivity index (χ2v) is 2.72. The molecule has 5 heteroatoms. The van der Waals surface area contributed by atoms with Gasteiger partial charge in [-0.05, 0) is 6.07 Å². The first-order chi connectivity index (χ1) is 6.04. The van der Waals surface area contributed by atoms with Gasteiger partial charge in [-0.1, -0.05) is 0 Å². The Hall–Kier alpha value is -1.65. The van der Waals surface area contributed by atoms with E-state index < -0.39 is 0 Å². The van der Waals surface area contributed by atoms with E-state index in [0.29, 0.717) is 5.69 Å². The van der Waals surface area contributed by atoms with Crippen molar-refractivity contribution < 1.29 is 4.79 Å². The molecular weight excluding hydrogens is 170 g/mol. The Kier molecular flexibility index (Phi) is 2.46. The van der Waals surface area contributed by atoms with Gasteiger partial charge in [-0.2, -0.15) is 5.10 Å². The smallest absolute Gasteiger partial charge is 0.290 e. The zero-order chi connectivity index (χ0) is 10.0. The number of carbonyl (C=O) groups excluding carboxylic acids is 1. The third-order valence-electron chi connectivity index (χ3n) is 1.82. The number of hydrogen-bond donors (Lipinski definition) is 0. The van der Waals surface area contributed by atoms with Gasteiger partial charge in [0.1, 0.15) is 5.69 Å². The van der Waals surface area contributed by atoms with Gasteiger partial charge < -0.3 is 4.90 Å². The fourth-order valence-electron chi connectivity index (χ4n) is 0.918. The molecule has 0 aliphatic carbocycles. The molecule has 0 radical (unpaired) electrons. The molecule has 0 fully saturated rings. The molecule has 0 aliphatic heterocycles. The van der Waals surface area contributed by atoms with E-state index >= 15 is 0 Å². The molecule has 13 heavy (non-hydrogen) atoms. The van der Waals surface area contributed by atoms with Gasteiger partial charge in [0.2, 0.25) is 5.91 Å². The van der Waals surface area contributed by atoms with E-state index in [1.165, 1.54) is 28.8 Å². The van der Waals surface area contributed by atoms with E-state index in [9.17, 15) is 9.59 Å². The summed E-state index contributed by atoms with van der Waals surface area (Å²) in [6, 6.07) is 1.52. The predicted octanol–water partition coefficient (Wildman–Crippen LogP) is -0.237. The first-order valence-corrected chi connectivity index (χ1v) is 3.80. The van der Waals surface area contributed by atoms with Crippen molar-refractivity contribution in [3.8, 4) is 0 Å². The third kappa shape index (κ3) is 1.74. The standard InChI is InChI=1S/C8H11N3O2/c1-6(12)10(2)7-4-5-9-11(3)8(7)13/h4-5H,1-3H3. The number of rotatable bonds is 1. The van der Waals surface area contributed by atoms with Crippen molar-refractivity contribution in [3.63, 3.8) is 0 Å². The van der Waals surface area contributed by atoms with Crippen LogP contribution in [0.25, 0.3) is 0 Å². The number of nitrogens with zero attached hydrogens (tertiary/aromatic N) is 3. The van der Waals surface area contributed by atoms with Crippen molar-refractivity contribution >= 4 is 11.6 Å². The van der Waals surface area contributed by atoms with E-state index in [1.54, 1.807) is 14.1 Å². The van der Waals surface area contributed by atoms with Gasteiger partial charge in [0, 0.05) is 27.2 Å². The van der Waals surface area contributed by atoms with Crippen LogP contribution in [0.3, 0.4) is 0 Å². The molecule has 0 atom stereocenters. The van der Waals surface area contributed by atoms with Gasteiger partial charge >= 0.3 is 0 Å². The Labute approximate surface area is 75.6 Å². The average molecular weight is 181 g/mol. The quantitative estimate of drug-likeness (QED) is 0.601. The number of amides is 1. The lowest BCUT2D eigenvalue weighted by Gasteiger charge is -2.13. The van der Waals surface area contributed by atoms with Gasteiger partial charge in [-0.15, -0.1) is 0 Å². The molecule has 0 aromatic carbocycles. The van der Waals surface area contributed by atoms with Crippen LogP contribution < -0.4 is 10.5 Å². The summed E-state index contributed by atoms with van der Waals surface area (Å²) in [4.78, 5) is 23.7. The van der Waals surface area contributed by atoms with Crippen molar-refractivity contribution in [1.29, 1.82) is 0 Å². The summed E-state index contributed by atoms with van der Waals surface area (Å²) in [6.07, 6.45) is 1.48. The van der Waals surface area contributed by atoms with Crippen molar-refractivity contribution in [2.24, 2.45) is 7.05 Å². The molecule has 1 rings (SSSR count). The van der Waals surface area contributed by atoms with Gasteiger partial charge in [-0.25, -0.2) is 4.68 Å². The van der Waals surface area contributed by atoms with Crippen molar-refractivity contribution in [2.45, 2.75) is 6.92 Å². The molecular formula is C8H11N3O2. The SMILES string of the molecule is CC(=O)N(C)c1ccnn(C)c1=O. The molecule has 0 aliphatic rings. The number of aryl methyl sites for hydroxylation is 1. The van der Waals surface area contributed by atoms with Crippen LogP contribution in [0.1, 0.15) is 6.92 Å². The normalized spacial score (nSPS) is 9.77. The monoisotopic (exact) mass is 181 g/mol. The molecule has 70 valence electrons. The number of carbonyl (C=O) groups is 1. The maximum absolute atomic E-state index is 11.4. The zero-order valence-electron chi connectivity index (χ0n) is 7.81. The average Bonchev–Trinajstić information content (AvgIpc) is 2.08. The summed E-state index contributed by atoms with van der Waals surface area (Å²) < 4.78 is 1.19. The number of anilines is 1. The minimum atomic E-state index is -0.278. The lowest BCUT2D eigenvalue weighted by molar-refractivity contribution is -0.116. The van der Waals surface area contributed by atoms with Crippen LogP contribution in [0.2, 0.25) is 0 Å². The molecule has 0 unspecified atom stereocenters. The Morgan fingerprint density at radius 2 is 2.23 bits per heavy atom. The summed E-state index contributed by atoms with van der Waals surface area (Å²) in [7, 11) is 3.10. The fraction of sp³-hybridized carbons (Fsp3) is 0.375. The molecule has 0 bridgehead atoms. The van der Waals surface area contributed by atoms with Crippen LogP contribution >= 0.6 is 0 Å². The second kappa shape index (κ2) is 3.38. The highest BCUT2D eigenvalue weighted by Gasteiger charge is 2.09. The van der Waals surface area contributed by atoms with Crippen molar-refractivity contribution in [2.75, 3.05) is 11.9 Å². The highest BCUT2D eigenvalue weighted by molar-refractivity contribution is 5.90. The maximum Gasteiger partial charge on any atom is 0.290 e. The molecule has 0 spiro atoms. The molecule has 0 N–H and O–H groups in total. The lowest BCUT2D eigenvalue weighted by Crippen LogP contribution is -2.32. The molecule has 0 saturated carbocycles. The van der Waals surface area contributed by atoms with Crippen LogP contribution in [-0.4, -0.2) is 22.7 Å². The topological polar surface area (TPSA) is 55.2 Å². The van der Waals surface area contributed by atoms with Crippen LogP contribution in [0.4, 0.5) is 5.69 Å². The fourth-order valence-corrected chi connectivity index (χ4v) is 0.918. The van der Waals surface area contributed by atoms with Crippen LogP contribution in [0.5, 0.6) is 0 Å². The highest BCUT2D eigenvalue weighted by Crippen LogP contribution is 2.02. The third-order valence-corrected chi connectivity index (χ3v) is 1.82. The molecule has 1 aromatic heterocycles. The Morgan fingerprint density at radius 1 is 1.62 bits per heavy atom. The summed E-state index contributed by atoms with van der Waals surface area (Å²) in [5, 5.41) is 3.75. The molecule has 0 saturated heterocycles. The van der Waals surface area contributed by atoms with E-state index in [-0.39, 0.29) is 11.5 Å². The highest BCUT2D eigenvalue weighted by atomic mass is 16.2. The first kappa shape index (κ1) is 9.44. The predicted molar refractivity (Wildman–Crippen MR) is 48.6 cm³/mol. The molecule has 1 amide bonds. The summed E-state index contributed by atoms with van der Waals surface area (Å²) in [5.74, 6) is -0.177. The van der Waals surface area contributed by atoms with Crippen LogP contribution in [0.15, 0.2) is 17.1 Å². The van der Waals surface area contributed by atoms with Crippen molar-refractivity contribution in [1.82, 2.24) is 9.78 Å². The van der Waals surface area contributed by atoms with Crippen LogP contribution in [0, 0.1) is 0 Å². The maximum atomic E-state index is 11.4. The molecule has 1 heterocycles. The van der Waals surface area contributed by atoms with Gasteiger partial charge in [0.05, 0.1) is 0 Å². The zero-order valence-corrected chi connectivity index (χ0v) is 7.81. The van der Waals surface area contributed by atoms with Gasteiger partial charge in [-0.3, -0.25) is 9.59 Å². The van der Waals surface area contributed by atoms with E-state index in [1.807, 2.05) is 0 Å². The van der Waals surface area contributed by atoms with E-state index in [4.69, 9.17) is 0 Å². The lowest BCUT2D eigenvalue weighted by atomic mass is 10.4. The number of hydrogen-bond acceptors (Lipinski definition) is 3.